The minimum atomic E-state index is -0.826. The van der Waals surface area contributed by atoms with E-state index in [9.17, 15) is 0 Å². The topological polar surface area (TPSA) is 0 Å². The van der Waals surface area contributed by atoms with Gasteiger partial charge in [0, 0.05) is 0 Å². The SMILES string of the molecule is CCc1ccc2[cH-]c(C(C)(C)C)cc2c1-c1ccccc1C(C)C.CCc1ccc2[cH-]c(C(C)(C)C)cc2c1-c1ccccc1C(C)C.[Cl][Zr][Cl].[c-]1cccc2c1[Si]c1ccccc1-2. The van der Waals surface area contributed by atoms with Crippen LogP contribution in [0.5, 0.6) is 0 Å². The second-order valence-corrected chi connectivity index (χ2v) is 24.6. The summed E-state index contributed by atoms with van der Waals surface area (Å²) in [6.45, 7) is 27.4. The predicted molar refractivity (Wildman–Crippen MR) is 282 cm³/mol. The normalized spacial score (nSPS) is 11.9. The van der Waals surface area contributed by atoms with Crippen LogP contribution in [0.1, 0.15) is 128 Å². The zero-order chi connectivity index (χ0) is 46.3. The van der Waals surface area contributed by atoms with Gasteiger partial charge in [0.25, 0.3) is 0 Å². The maximum Gasteiger partial charge on any atom is 0.0920 e. The summed E-state index contributed by atoms with van der Waals surface area (Å²) < 4.78 is 0. The van der Waals surface area contributed by atoms with Crippen LogP contribution in [0.15, 0.2) is 140 Å². The van der Waals surface area contributed by atoms with E-state index in [1.807, 2.05) is 6.07 Å². The Labute approximate surface area is 407 Å². The van der Waals surface area contributed by atoms with Crippen LogP contribution in [0.25, 0.3) is 54.9 Å². The summed E-state index contributed by atoms with van der Waals surface area (Å²) in [5.74, 6) is 1.05. The molecule has 0 atom stereocenters. The molecule has 8 aromatic carbocycles. The van der Waals surface area contributed by atoms with Gasteiger partial charge in [0.05, 0.1) is 9.52 Å². The van der Waals surface area contributed by atoms with Crippen LogP contribution in [-0.2, 0) is 44.5 Å². The number of rotatable bonds is 6. The quantitative estimate of drug-likeness (QED) is 0.115. The fourth-order valence-electron chi connectivity index (χ4n) is 8.93. The average Bonchev–Trinajstić information content (AvgIpc) is 4.02. The van der Waals surface area contributed by atoms with E-state index in [1.54, 1.807) is 0 Å². The Balaban J connectivity index is 0.000000160. The molecular weight excluding hydrogens is 911 g/mol. The van der Waals surface area contributed by atoms with Crippen molar-refractivity contribution < 1.29 is 20.8 Å². The Morgan fingerprint density at radius 3 is 1.38 bits per heavy atom. The van der Waals surface area contributed by atoms with E-state index in [0.29, 0.717) is 11.8 Å². The van der Waals surface area contributed by atoms with E-state index < -0.39 is 20.8 Å². The number of aryl methyl sites for hydroxylation is 2. The first kappa shape index (κ1) is 49.6. The van der Waals surface area contributed by atoms with Gasteiger partial charge in [-0.3, -0.25) is 0 Å². The van der Waals surface area contributed by atoms with E-state index in [1.165, 1.54) is 98.7 Å². The summed E-state index contributed by atoms with van der Waals surface area (Å²) in [5.41, 5.74) is 17.4. The van der Waals surface area contributed by atoms with Gasteiger partial charge in [0.1, 0.15) is 0 Å². The molecule has 0 nitrogen and oxygen atoms in total. The van der Waals surface area contributed by atoms with Crippen LogP contribution >= 0.6 is 17.0 Å². The number of benzene rings is 6. The maximum atomic E-state index is 4.93. The molecule has 0 aliphatic carbocycles. The van der Waals surface area contributed by atoms with Gasteiger partial charge in [0.2, 0.25) is 0 Å². The Morgan fingerprint density at radius 1 is 0.547 bits per heavy atom. The van der Waals surface area contributed by atoms with Crippen LogP contribution in [0.2, 0.25) is 0 Å². The summed E-state index contributed by atoms with van der Waals surface area (Å²) in [4.78, 5) is 0. The Kier molecular flexibility index (Phi) is 16.8. The Hall–Kier alpha value is -3.78. The van der Waals surface area contributed by atoms with Crippen molar-refractivity contribution in [3.63, 3.8) is 0 Å². The third kappa shape index (κ3) is 11.2. The standard InChI is InChI=1S/2C24H29.C12H7Si.2ClH.Zr/c2*1-7-17-12-13-18-14-19(24(4,5)6)15-22(18)23(17)21-11-9-8-10-20(21)16(2)3;1-3-7-11-9(5-1)10-6-2-4-8-12(10)13-11;;;/h2*8-16H,7H2,1-6H3;1-7H;2*1H;/q3*-1;;;+2/p-2. The molecule has 0 fully saturated rings. The van der Waals surface area contributed by atoms with Crippen molar-refractivity contribution in [2.45, 2.75) is 119 Å². The van der Waals surface area contributed by atoms with E-state index in [0.717, 1.165) is 22.4 Å². The summed E-state index contributed by atoms with van der Waals surface area (Å²) in [7, 11) is 10.7. The van der Waals surface area contributed by atoms with Crippen molar-refractivity contribution in [2.75, 3.05) is 0 Å². The molecule has 4 heteroatoms. The molecule has 64 heavy (non-hydrogen) atoms. The Bertz CT molecular complexity index is 2610. The number of fused-ring (bicyclic) bond motifs is 5. The summed E-state index contributed by atoms with van der Waals surface area (Å²) in [5, 5.41) is 8.37. The monoisotopic (exact) mass is 973 g/mol. The molecule has 0 N–H and O–H groups in total. The van der Waals surface area contributed by atoms with Crippen molar-refractivity contribution in [1.82, 2.24) is 0 Å². The molecule has 330 valence electrons. The van der Waals surface area contributed by atoms with Crippen molar-refractivity contribution in [3.05, 3.63) is 179 Å². The molecule has 0 saturated carbocycles. The summed E-state index contributed by atoms with van der Waals surface area (Å²) in [6.07, 6.45) is 2.13. The van der Waals surface area contributed by atoms with E-state index in [-0.39, 0.29) is 10.8 Å². The number of hydrogen-bond donors (Lipinski definition) is 0. The van der Waals surface area contributed by atoms with E-state index >= 15 is 0 Å². The second-order valence-electron chi connectivity index (χ2n) is 19.6. The van der Waals surface area contributed by atoms with E-state index in [4.69, 9.17) is 17.0 Å². The first-order valence-corrected chi connectivity index (χ1v) is 30.3. The van der Waals surface area contributed by atoms with Gasteiger partial charge in [-0.25, -0.2) is 0 Å². The fraction of sp³-hybridized carbons (Fsp3) is 0.300. The first-order chi connectivity index (χ1) is 30.5. The van der Waals surface area contributed by atoms with Crippen molar-refractivity contribution >= 4 is 58.5 Å². The van der Waals surface area contributed by atoms with Crippen LogP contribution in [0.4, 0.5) is 0 Å². The van der Waals surface area contributed by atoms with Crippen molar-refractivity contribution in [3.8, 4) is 33.4 Å². The van der Waals surface area contributed by atoms with Gasteiger partial charge < -0.3 is 0 Å². The molecule has 0 amide bonds. The van der Waals surface area contributed by atoms with Crippen molar-refractivity contribution in [1.29, 1.82) is 0 Å². The number of halogens is 2. The molecule has 1 aliphatic heterocycles. The Morgan fingerprint density at radius 2 is 0.953 bits per heavy atom. The summed E-state index contributed by atoms with van der Waals surface area (Å²) >= 11 is -0.826. The molecule has 1 aliphatic rings. The average molecular weight is 976 g/mol. The molecular formula is C60H65Cl2SiZr-3. The summed E-state index contributed by atoms with van der Waals surface area (Å²) in [6, 6.07) is 54.8. The second kappa shape index (κ2) is 21.7. The predicted octanol–water partition coefficient (Wildman–Crippen LogP) is 16.9. The molecule has 0 unspecified atom stereocenters. The van der Waals surface area contributed by atoms with Crippen LogP contribution < -0.4 is 10.4 Å². The van der Waals surface area contributed by atoms with E-state index in [2.05, 4.69) is 223 Å². The van der Waals surface area contributed by atoms with Crippen LogP contribution in [0, 0.1) is 6.07 Å². The largest absolute Gasteiger partial charge is 0.184 e. The molecule has 0 aromatic heterocycles. The zero-order valence-corrected chi connectivity index (χ0v) is 45.1. The van der Waals surface area contributed by atoms with Gasteiger partial charge >= 0.3 is 37.9 Å². The fourth-order valence-corrected chi connectivity index (χ4v) is 10.2. The van der Waals surface area contributed by atoms with Gasteiger partial charge in [-0.05, 0) is 57.8 Å². The maximum absolute atomic E-state index is 4.93. The smallest absolute Gasteiger partial charge is 0.0920 e. The zero-order valence-electron chi connectivity index (χ0n) is 40.1. The van der Waals surface area contributed by atoms with Crippen molar-refractivity contribution in [2.24, 2.45) is 0 Å². The number of hydrogen-bond acceptors (Lipinski definition) is 0. The molecule has 9 rings (SSSR count). The first-order valence-electron chi connectivity index (χ1n) is 23.0. The van der Waals surface area contributed by atoms with Gasteiger partial charge in [-0.15, -0.1) is 74.6 Å². The van der Waals surface area contributed by atoms with Gasteiger partial charge in [-0.1, -0.05) is 189 Å². The van der Waals surface area contributed by atoms with Crippen LogP contribution in [-0.4, -0.2) is 9.52 Å². The molecule has 0 saturated heterocycles. The molecule has 2 radical (unpaired) electrons. The minimum absolute atomic E-state index is 0.181. The van der Waals surface area contributed by atoms with Gasteiger partial charge in [0.15, 0.2) is 0 Å². The molecule has 1 heterocycles. The molecule has 0 bridgehead atoms. The minimum Gasteiger partial charge on any atom is -0.184 e. The third-order valence-corrected chi connectivity index (χ3v) is 13.9. The molecule has 0 spiro atoms. The molecule has 8 aromatic rings. The third-order valence-electron chi connectivity index (χ3n) is 12.5. The van der Waals surface area contributed by atoms with Gasteiger partial charge in [-0.2, -0.15) is 41.6 Å². The van der Waals surface area contributed by atoms with Crippen LogP contribution in [0.3, 0.4) is 0 Å².